The predicted octanol–water partition coefficient (Wildman–Crippen LogP) is 3.21. The third-order valence-corrected chi connectivity index (χ3v) is 5.29. The van der Waals surface area contributed by atoms with E-state index >= 15 is 0 Å². The second-order valence-corrected chi connectivity index (χ2v) is 6.86. The Labute approximate surface area is 118 Å². The van der Waals surface area contributed by atoms with Gasteiger partial charge in [-0.2, -0.15) is 5.26 Å². The Morgan fingerprint density at radius 2 is 2.05 bits per heavy atom. The van der Waals surface area contributed by atoms with E-state index < -0.39 is 15.8 Å². The number of anilines is 1. The SMILES string of the molecule is N#Cc1ccc(S(=O)(=O)Nc2ccc(F)cc2Cl)s1. The van der Waals surface area contributed by atoms with Gasteiger partial charge in [0.1, 0.15) is 21.0 Å². The molecular formula is C11H6ClFN2O2S2. The maximum Gasteiger partial charge on any atom is 0.271 e. The second kappa shape index (κ2) is 5.17. The number of rotatable bonds is 3. The van der Waals surface area contributed by atoms with Gasteiger partial charge in [0, 0.05) is 0 Å². The quantitative estimate of drug-likeness (QED) is 0.945. The fraction of sp³-hybridized carbons (Fsp3) is 0. The van der Waals surface area contributed by atoms with Crippen molar-refractivity contribution in [2.45, 2.75) is 4.21 Å². The van der Waals surface area contributed by atoms with Crippen LogP contribution in [0.15, 0.2) is 34.5 Å². The van der Waals surface area contributed by atoms with E-state index in [0.29, 0.717) is 0 Å². The highest BCUT2D eigenvalue weighted by molar-refractivity contribution is 7.94. The van der Waals surface area contributed by atoms with Crippen molar-refractivity contribution < 1.29 is 12.8 Å². The van der Waals surface area contributed by atoms with Crippen LogP contribution in [0.4, 0.5) is 10.1 Å². The molecule has 0 saturated heterocycles. The van der Waals surface area contributed by atoms with Crippen LogP contribution in [0, 0.1) is 17.1 Å². The number of nitrogens with one attached hydrogen (secondary N) is 1. The first-order valence-corrected chi connectivity index (χ1v) is 7.58. The zero-order valence-electron chi connectivity index (χ0n) is 9.22. The highest BCUT2D eigenvalue weighted by Crippen LogP contribution is 2.27. The van der Waals surface area contributed by atoms with Gasteiger partial charge in [-0.3, -0.25) is 4.72 Å². The summed E-state index contributed by atoms with van der Waals surface area (Å²) >= 11 is 6.58. The average Bonchev–Trinajstić information content (AvgIpc) is 2.82. The van der Waals surface area contributed by atoms with E-state index in [2.05, 4.69) is 4.72 Å². The number of hydrogen-bond acceptors (Lipinski definition) is 4. The molecule has 0 bridgehead atoms. The summed E-state index contributed by atoms with van der Waals surface area (Å²) in [5.41, 5.74) is 0.0787. The Bertz CT molecular complexity index is 765. The van der Waals surface area contributed by atoms with Crippen LogP contribution in [0.3, 0.4) is 0 Å². The largest absolute Gasteiger partial charge is 0.277 e. The molecule has 0 spiro atoms. The van der Waals surface area contributed by atoms with E-state index in [9.17, 15) is 12.8 Å². The molecule has 0 aliphatic heterocycles. The van der Waals surface area contributed by atoms with Crippen LogP contribution in [0.1, 0.15) is 4.88 Å². The molecular weight excluding hydrogens is 311 g/mol. The Morgan fingerprint density at radius 3 is 2.63 bits per heavy atom. The first-order valence-electron chi connectivity index (χ1n) is 4.90. The van der Waals surface area contributed by atoms with Crippen LogP contribution in [0.5, 0.6) is 0 Å². The Hall–Kier alpha value is -1.62. The van der Waals surface area contributed by atoms with E-state index in [1.807, 2.05) is 6.07 Å². The first-order chi connectivity index (χ1) is 8.92. The number of benzene rings is 1. The lowest BCUT2D eigenvalue weighted by Gasteiger charge is -2.07. The van der Waals surface area contributed by atoms with Crippen LogP contribution in [-0.2, 0) is 10.0 Å². The lowest BCUT2D eigenvalue weighted by atomic mass is 10.3. The van der Waals surface area contributed by atoms with Gasteiger partial charge in [0.25, 0.3) is 10.0 Å². The molecule has 4 nitrogen and oxygen atoms in total. The Morgan fingerprint density at radius 1 is 1.32 bits per heavy atom. The van der Waals surface area contributed by atoms with Crippen molar-refractivity contribution in [3.63, 3.8) is 0 Å². The van der Waals surface area contributed by atoms with Crippen LogP contribution in [-0.4, -0.2) is 8.42 Å². The fourth-order valence-electron chi connectivity index (χ4n) is 1.29. The summed E-state index contributed by atoms with van der Waals surface area (Å²) in [6, 6.07) is 7.92. The highest BCUT2D eigenvalue weighted by atomic mass is 35.5. The van der Waals surface area contributed by atoms with Gasteiger partial charge in [-0.1, -0.05) is 11.6 Å². The van der Waals surface area contributed by atoms with E-state index in [-0.39, 0.29) is 19.8 Å². The molecule has 0 aliphatic carbocycles. The molecule has 0 fully saturated rings. The molecule has 98 valence electrons. The van der Waals surface area contributed by atoms with Crippen molar-refractivity contribution in [2.24, 2.45) is 0 Å². The minimum absolute atomic E-state index is 0.00978. The van der Waals surface area contributed by atoms with E-state index in [1.54, 1.807) is 0 Å². The maximum atomic E-state index is 12.9. The van der Waals surface area contributed by atoms with E-state index in [4.69, 9.17) is 16.9 Å². The van der Waals surface area contributed by atoms with Crippen LogP contribution >= 0.6 is 22.9 Å². The van der Waals surface area contributed by atoms with Crippen molar-refractivity contribution in [3.8, 4) is 6.07 Å². The molecule has 1 N–H and O–H groups in total. The van der Waals surface area contributed by atoms with Gasteiger partial charge in [-0.05, 0) is 30.3 Å². The zero-order chi connectivity index (χ0) is 14.0. The zero-order valence-corrected chi connectivity index (χ0v) is 11.6. The van der Waals surface area contributed by atoms with Crippen molar-refractivity contribution in [3.05, 3.63) is 46.0 Å². The Kier molecular flexibility index (Phi) is 3.75. The molecule has 0 atom stereocenters. The molecule has 0 radical (unpaired) electrons. The number of hydrogen-bond donors (Lipinski definition) is 1. The molecule has 2 rings (SSSR count). The molecule has 0 aliphatic rings. The maximum absolute atomic E-state index is 12.9. The van der Waals surface area contributed by atoms with Crippen molar-refractivity contribution >= 4 is 38.6 Å². The summed E-state index contributed by atoms with van der Waals surface area (Å²) in [5.74, 6) is -0.559. The van der Waals surface area contributed by atoms with E-state index in [1.165, 1.54) is 18.2 Å². The van der Waals surface area contributed by atoms with Crippen LogP contribution < -0.4 is 4.72 Å². The van der Waals surface area contributed by atoms with E-state index in [0.717, 1.165) is 23.5 Å². The number of thiophene rings is 1. The molecule has 2 aromatic rings. The highest BCUT2D eigenvalue weighted by Gasteiger charge is 2.18. The molecule has 1 aromatic carbocycles. The smallest absolute Gasteiger partial charge is 0.271 e. The van der Waals surface area contributed by atoms with Gasteiger partial charge in [0.2, 0.25) is 0 Å². The van der Waals surface area contributed by atoms with Gasteiger partial charge in [-0.25, -0.2) is 12.8 Å². The van der Waals surface area contributed by atoms with Crippen LogP contribution in [0.2, 0.25) is 5.02 Å². The predicted molar refractivity (Wildman–Crippen MR) is 71.3 cm³/mol. The minimum atomic E-state index is -3.83. The molecule has 0 amide bonds. The monoisotopic (exact) mass is 316 g/mol. The number of nitriles is 1. The fourth-order valence-corrected chi connectivity index (χ4v) is 3.75. The molecule has 1 aromatic heterocycles. The van der Waals surface area contributed by atoms with Crippen molar-refractivity contribution in [1.29, 1.82) is 5.26 Å². The third-order valence-electron chi connectivity index (χ3n) is 2.13. The average molecular weight is 317 g/mol. The second-order valence-electron chi connectivity index (χ2n) is 3.46. The summed E-state index contributed by atoms with van der Waals surface area (Å²) in [6.45, 7) is 0. The van der Waals surface area contributed by atoms with Gasteiger partial charge in [0.15, 0.2) is 0 Å². The topological polar surface area (TPSA) is 70.0 Å². The third kappa shape index (κ3) is 3.04. The minimum Gasteiger partial charge on any atom is -0.277 e. The van der Waals surface area contributed by atoms with Gasteiger partial charge >= 0.3 is 0 Å². The molecule has 0 saturated carbocycles. The molecule has 0 unspecified atom stereocenters. The van der Waals surface area contributed by atoms with Crippen LogP contribution in [0.25, 0.3) is 0 Å². The summed E-state index contributed by atoms with van der Waals surface area (Å²) in [7, 11) is -3.83. The Balaban J connectivity index is 2.34. The number of sulfonamides is 1. The summed E-state index contributed by atoms with van der Waals surface area (Å²) in [6.07, 6.45) is 0. The van der Waals surface area contributed by atoms with Crippen molar-refractivity contribution in [1.82, 2.24) is 0 Å². The van der Waals surface area contributed by atoms with Gasteiger partial charge < -0.3 is 0 Å². The summed E-state index contributed by atoms with van der Waals surface area (Å²) < 4.78 is 39.1. The number of nitrogens with zero attached hydrogens (tertiary/aromatic N) is 1. The molecule has 1 heterocycles. The number of halogens is 2. The lowest BCUT2D eigenvalue weighted by Crippen LogP contribution is -2.11. The first kappa shape index (κ1) is 13.8. The molecule has 19 heavy (non-hydrogen) atoms. The van der Waals surface area contributed by atoms with Crippen molar-refractivity contribution in [2.75, 3.05) is 4.72 Å². The standard InChI is InChI=1S/C11H6ClFN2O2S2/c12-9-5-7(13)1-3-10(9)15-19(16,17)11-4-2-8(6-14)18-11/h1-5,15H. The summed E-state index contributed by atoms with van der Waals surface area (Å²) in [5, 5.41) is 8.62. The van der Waals surface area contributed by atoms with Gasteiger partial charge in [0.05, 0.1) is 10.7 Å². The lowest BCUT2D eigenvalue weighted by molar-refractivity contribution is 0.603. The normalized spacial score (nSPS) is 11.0. The summed E-state index contributed by atoms with van der Waals surface area (Å²) in [4.78, 5) is 0.283. The molecule has 8 heteroatoms. The van der Waals surface area contributed by atoms with Gasteiger partial charge in [-0.15, -0.1) is 11.3 Å².